The first-order valence-corrected chi connectivity index (χ1v) is 9.25. The number of nitrogens with one attached hydrogen (secondary N) is 1. The molecule has 1 heterocycles. The summed E-state index contributed by atoms with van der Waals surface area (Å²) in [6, 6.07) is 0. The van der Waals surface area contributed by atoms with Gasteiger partial charge in [0.2, 0.25) is 5.92 Å². The van der Waals surface area contributed by atoms with Crippen LogP contribution >= 0.6 is 43.2 Å². The topological polar surface area (TPSA) is 55.4 Å². The fourth-order valence-corrected chi connectivity index (χ4v) is 4.74. The third-order valence-corrected chi connectivity index (χ3v) is 7.75. The van der Waals surface area contributed by atoms with Crippen molar-refractivity contribution in [3.63, 3.8) is 0 Å². The molecule has 23 heavy (non-hydrogen) atoms. The molecule has 2 rings (SSSR count). The van der Waals surface area contributed by atoms with Crippen LogP contribution in [0.25, 0.3) is 0 Å². The van der Waals surface area contributed by atoms with Crippen LogP contribution in [0.2, 0.25) is 0 Å². The maximum atomic E-state index is 13.4. The van der Waals surface area contributed by atoms with Crippen LogP contribution < -0.4 is 5.32 Å². The van der Waals surface area contributed by atoms with Crippen LogP contribution in [0.3, 0.4) is 0 Å². The lowest BCUT2D eigenvalue weighted by Gasteiger charge is -2.38. The van der Waals surface area contributed by atoms with E-state index in [9.17, 15) is 18.4 Å². The number of thiophene rings is 1. The van der Waals surface area contributed by atoms with Gasteiger partial charge in [-0.05, 0) is 57.2 Å². The molecule has 9 heteroatoms. The third kappa shape index (κ3) is 3.76. The summed E-state index contributed by atoms with van der Waals surface area (Å²) in [4.78, 5) is 25.1. The largest absolute Gasteiger partial charge is 0.467 e. The molecule has 128 valence electrons. The molecule has 0 atom stereocenters. The van der Waals surface area contributed by atoms with Gasteiger partial charge in [-0.25, -0.2) is 13.6 Å². The summed E-state index contributed by atoms with van der Waals surface area (Å²) in [6.45, 7) is 1.76. The van der Waals surface area contributed by atoms with E-state index in [-0.39, 0.29) is 12.8 Å². The summed E-state index contributed by atoms with van der Waals surface area (Å²) in [5.74, 6) is -3.96. The highest BCUT2D eigenvalue weighted by molar-refractivity contribution is 9.13. The Morgan fingerprint density at radius 1 is 1.22 bits per heavy atom. The quantitative estimate of drug-likeness (QED) is 0.659. The Balaban J connectivity index is 2.26. The first-order valence-electron chi connectivity index (χ1n) is 6.85. The van der Waals surface area contributed by atoms with E-state index >= 15 is 0 Å². The van der Waals surface area contributed by atoms with Crippen molar-refractivity contribution in [2.45, 2.75) is 44.1 Å². The number of esters is 1. The average Bonchev–Trinajstić information content (AvgIpc) is 2.76. The van der Waals surface area contributed by atoms with Gasteiger partial charge < -0.3 is 10.1 Å². The summed E-state index contributed by atoms with van der Waals surface area (Å²) in [5, 5.41) is 2.64. The molecule has 4 nitrogen and oxygen atoms in total. The van der Waals surface area contributed by atoms with Gasteiger partial charge in [-0.3, -0.25) is 4.79 Å². The number of methoxy groups -OCH3 is 1. The van der Waals surface area contributed by atoms with Crippen molar-refractivity contribution in [2.24, 2.45) is 0 Å². The summed E-state index contributed by atoms with van der Waals surface area (Å²) >= 11 is 7.90. The Morgan fingerprint density at radius 2 is 1.78 bits per heavy atom. The summed E-state index contributed by atoms with van der Waals surface area (Å²) in [7, 11) is 1.19. The molecular formula is C14H15Br2F2NO3S. The fourth-order valence-electron chi connectivity index (χ4n) is 2.57. The number of amides is 1. The Labute approximate surface area is 153 Å². The highest BCUT2D eigenvalue weighted by atomic mass is 79.9. The summed E-state index contributed by atoms with van der Waals surface area (Å²) in [5.41, 5.74) is -0.677. The zero-order valence-electron chi connectivity index (χ0n) is 12.5. The van der Waals surface area contributed by atoms with Crippen molar-refractivity contribution >= 4 is 55.1 Å². The van der Waals surface area contributed by atoms with Crippen molar-refractivity contribution < 1.29 is 23.1 Å². The van der Waals surface area contributed by atoms with Crippen LogP contribution in [0.5, 0.6) is 0 Å². The number of hydrogen-bond acceptors (Lipinski definition) is 4. The van der Waals surface area contributed by atoms with Gasteiger partial charge in [-0.15, -0.1) is 11.3 Å². The second kappa shape index (κ2) is 6.76. The third-order valence-electron chi connectivity index (χ3n) is 4.00. The molecule has 1 saturated carbocycles. The first-order chi connectivity index (χ1) is 10.6. The number of carbonyl (C=O) groups is 2. The van der Waals surface area contributed by atoms with Gasteiger partial charge in [0.1, 0.15) is 5.54 Å². The van der Waals surface area contributed by atoms with E-state index in [1.807, 2.05) is 0 Å². The van der Waals surface area contributed by atoms with Gasteiger partial charge >= 0.3 is 5.97 Å². The normalized spacial score (nSPS) is 19.2. The number of halogens is 4. The van der Waals surface area contributed by atoms with Crippen LogP contribution in [0, 0.1) is 6.92 Å². The van der Waals surface area contributed by atoms with Gasteiger partial charge in [0.25, 0.3) is 5.91 Å². The van der Waals surface area contributed by atoms with Crippen LogP contribution in [-0.4, -0.2) is 30.4 Å². The second-order valence-electron chi connectivity index (χ2n) is 5.53. The maximum absolute atomic E-state index is 13.4. The molecule has 0 aromatic carbocycles. The summed E-state index contributed by atoms with van der Waals surface area (Å²) < 4.78 is 33.1. The highest BCUT2D eigenvalue weighted by Gasteiger charge is 2.49. The minimum absolute atomic E-state index is 0.148. The number of rotatable bonds is 3. The van der Waals surface area contributed by atoms with E-state index in [0.29, 0.717) is 4.88 Å². The number of alkyl halides is 2. The number of carbonyl (C=O) groups excluding carboxylic acids is 2. The molecule has 0 aliphatic heterocycles. The average molecular weight is 475 g/mol. The number of ether oxygens (including phenoxy) is 1. The van der Waals surface area contributed by atoms with Gasteiger partial charge in [0.15, 0.2) is 0 Å². The molecule has 1 N–H and O–H groups in total. The summed E-state index contributed by atoms with van der Waals surface area (Å²) in [6.07, 6.45) is -1.21. The minimum Gasteiger partial charge on any atom is -0.467 e. The molecule has 1 aromatic heterocycles. The van der Waals surface area contributed by atoms with E-state index in [1.165, 1.54) is 18.4 Å². The van der Waals surface area contributed by atoms with Crippen molar-refractivity contribution in [3.8, 4) is 0 Å². The molecular weight excluding hydrogens is 460 g/mol. The van der Waals surface area contributed by atoms with Crippen LogP contribution in [0.15, 0.2) is 8.26 Å². The Bertz CT molecular complexity index is 638. The van der Waals surface area contributed by atoms with Gasteiger partial charge in [0.05, 0.1) is 15.8 Å². The Kier molecular flexibility index (Phi) is 5.52. The van der Waals surface area contributed by atoms with E-state index in [4.69, 9.17) is 4.74 Å². The van der Waals surface area contributed by atoms with Crippen LogP contribution in [0.1, 0.15) is 40.9 Å². The SMILES string of the molecule is COC(=O)C1(NC(=O)c2sc(Br)c(Br)c2C)CCC(F)(F)CC1. The molecule has 0 saturated heterocycles. The van der Waals surface area contributed by atoms with E-state index in [1.54, 1.807) is 6.92 Å². The lowest BCUT2D eigenvalue weighted by molar-refractivity contribution is -0.153. The zero-order valence-corrected chi connectivity index (χ0v) is 16.5. The lowest BCUT2D eigenvalue weighted by atomic mass is 9.79. The van der Waals surface area contributed by atoms with E-state index in [2.05, 4.69) is 37.2 Å². The van der Waals surface area contributed by atoms with Crippen LogP contribution in [0.4, 0.5) is 8.78 Å². The standard InChI is InChI=1S/C14H15Br2F2NO3S/c1-7-8(15)10(16)23-9(7)11(20)19-13(12(21)22-2)3-5-14(17,18)6-4-13/h3-6H2,1-2H3,(H,19,20). The highest BCUT2D eigenvalue weighted by Crippen LogP contribution is 2.41. The molecule has 0 unspecified atom stereocenters. The van der Waals surface area contributed by atoms with Crippen molar-refractivity contribution in [1.29, 1.82) is 0 Å². The minimum atomic E-state index is -2.81. The van der Waals surface area contributed by atoms with Gasteiger partial charge in [-0.2, -0.15) is 0 Å². The maximum Gasteiger partial charge on any atom is 0.331 e. The molecule has 1 aromatic rings. The van der Waals surface area contributed by atoms with Gasteiger partial charge in [0, 0.05) is 17.3 Å². The molecule has 1 aliphatic rings. The molecule has 1 amide bonds. The fraction of sp³-hybridized carbons (Fsp3) is 0.571. The lowest BCUT2D eigenvalue weighted by Crippen LogP contribution is -2.58. The predicted molar refractivity (Wildman–Crippen MR) is 90.1 cm³/mol. The molecule has 0 bridgehead atoms. The van der Waals surface area contributed by atoms with Crippen molar-refractivity contribution in [3.05, 3.63) is 18.7 Å². The van der Waals surface area contributed by atoms with E-state index in [0.717, 1.165) is 13.8 Å². The Morgan fingerprint density at radius 3 is 2.22 bits per heavy atom. The van der Waals surface area contributed by atoms with Crippen molar-refractivity contribution in [1.82, 2.24) is 5.32 Å². The monoisotopic (exact) mass is 473 g/mol. The molecule has 1 aliphatic carbocycles. The van der Waals surface area contributed by atoms with E-state index < -0.39 is 36.2 Å². The zero-order chi connectivity index (χ0) is 17.4. The second-order valence-corrected chi connectivity index (χ2v) is 8.66. The van der Waals surface area contributed by atoms with Gasteiger partial charge in [-0.1, -0.05) is 0 Å². The first kappa shape index (κ1) is 18.8. The molecule has 1 fully saturated rings. The number of hydrogen-bond donors (Lipinski definition) is 1. The smallest absolute Gasteiger partial charge is 0.331 e. The molecule has 0 spiro atoms. The van der Waals surface area contributed by atoms with Crippen molar-refractivity contribution in [2.75, 3.05) is 7.11 Å². The Hall–Kier alpha value is -0.540. The molecule has 0 radical (unpaired) electrons. The van der Waals surface area contributed by atoms with Crippen LogP contribution in [-0.2, 0) is 9.53 Å². The predicted octanol–water partition coefficient (Wildman–Crippen LogP) is 4.43.